The first kappa shape index (κ1) is 11.0. The second kappa shape index (κ2) is 4.40. The van der Waals surface area contributed by atoms with Gasteiger partial charge in [-0.25, -0.2) is 4.79 Å². The number of aliphatic hydroxyl groups excluding tert-OH is 1. The average molecular weight is 199 g/mol. The fourth-order valence-corrected chi connectivity index (χ4v) is 1.39. The number of hydrogen-bond acceptors (Lipinski definition) is 5. The van der Waals surface area contributed by atoms with E-state index in [0.29, 0.717) is 13.0 Å². The van der Waals surface area contributed by atoms with E-state index in [0.717, 1.165) is 0 Å². The van der Waals surface area contributed by atoms with Gasteiger partial charge >= 0.3 is 5.97 Å². The molecule has 0 bridgehead atoms. The number of nitriles is 1. The maximum atomic E-state index is 11.2. The van der Waals surface area contributed by atoms with Gasteiger partial charge in [0, 0.05) is 6.61 Å². The second-order valence-electron chi connectivity index (χ2n) is 3.23. The maximum absolute atomic E-state index is 11.2. The zero-order valence-electron chi connectivity index (χ0n) is 8.02. The van der Waals surface area contributed by atoms with E-state index in [4.69, 9.17) is 10.00 Å². The largest absolute Gasteiger partial charge is 0.464 e. The van der Waals surface area contributed by atoms with Crippen molar-refractivity contribution in [2.24, 2.45) is 5.41 Å². The van der Waals surface area contributed by atoms with Gasteiger partial charge in [0.1, 0.15) is 5.41 Å². The van der Waals surface area contributed by atoms with Crippen molar-refractivity contribution < 1.29 is 19.4 Å². The van der Waals surface area contributed by atoms with Crippen LogP contribution in [0.2, 0.25) is 0 Å². The minimum absolute atomic E-state index is 0.0868. The predicted octanol–water partition coefficient (Wildman–Crippen LogP) is -0.159. The van der Waals surface area contributed by atoms with E-state index in [9.17, 15) is 9.90 Å². The standard InChI is InChI=1S/C9H13NO4/c1-2-14-8(12)7(11)9(5-10)3-4-13-6-9/h7,11H,2-4,6H2,1H3. The normalized spacial score (nSPS) is 28.1. The molecule has 1 rings (SSSR count). The Morgan fingerprint density at radius 3 is 3.00 bits per heavy atom. The number of nitrogens with zero attached hydrogens (tertiary/aromatic N) is 1. The van der Waals surface area contributed by atoms with Crippen LogP contribution in [-0.4, -0.2) is 37.0 Å². The molecule has 5 nitrogen and oxygen atoms in total. The first-order chi connectivity index (χ1) is 6.66. The summed E-state index contributed by atoms with van der Waals surface area (Å²) in [6.07, 6.45) is -1.04. The molecule has 78 valence electrons. The third-order valence-corrected chi connectivity index (χ3v) is 2.31. The monoisotopic (exact) mass is 199 g/mol. The van der Waals surface area contributed by atoms with Crippen molar-refractivity contribution in [3.63, 3.8) is 0 Å². The SMILES string of the molecule is CCOC(=O)C(O)C1(C#N)CCOC1. The lowest BCUT2D eigenvalue weighted by Crippen LogP contribution is -2.41. The van der Waals surface area contributed by atoms with Crippen LogP contribution < -0.4 is 0 Å². The molecule has 0 aromatic heterocycles. The van der Waals surface area contributed by atoms with E-state index in [2.05, 4.69) is 4.74 Å². The zero-order valence-corrected chi connectivity index (χ0v) is 8.02. The van der Waals surface area contributed by atoms with Crippen LogP contribution in [0, 0.1) is 16.7 Å². The molecule has 0 aromatic rings. The van der Waals surface area contributed by atoms with E-state index >= 15 is 0 Å². The molecule has 1 N–H and O–H groups in total. The van der Waals surface area contributed by atoms with Gasteiger partial charge in [-0.15, -0.1) is 0 Å². The Hall–Kier alpha value is -1.12. The van der Waals surface area contributed by atoms with E-state index in [-0.39, 0.29) is 13.2 Å². The molecule has 1 fully saturated rings. The molecule has 5 heteroatoms. The summed E-state index contributed by atoms with van der Waals surface area (Å²) in [7, 11) is 0. The van der Waals surface area contributed by atoms with Crippen molar-refractivity contribution in [1.29, 1.82) is 5.26 Å². The van der Waals surface area contributed by atoms with Gasteiger partial charge in [0.15, 0.2) is 6.10 Å². The van der Waals surface area contributed by atoms with Crippen LogP contribution in [0.4, 0.5) is 0 Å². The van der Waals surface area contributed by atoms with Crippen LogP contribution >= 0.6 is 0 Å². The number of rotatable bonds is 3. The maximum Gasteiger partial charge on any atom is 0.336 e. The molecule has 0 saturated carbocycles. The molecule has 0 aliphatic carbocycles. The van der Waals surface area contributed by atoms with Gasteiger partial charge in [0.25, 0.3) is 0 Å². The number of esters is 1. The molecular formula is C9H13NO4. The van der Waals surface area contributed by atoms with E-state index in [1.807, 2.05) is 6.07 Å². The lowest BCUT2D eigenvalue weighted by Gasteiger charge is -2.23. The summed E-state index contributed by atoms with van der Waals surface area (Å²) in [5.74, 6) is -0.750. The van der Waals surface area contributed by atoms with Gasteiger partial charge in [-0.1, -0.05) is 0 Å². The first-order valence-corrected chi connectivity index (χ1v) is 4.50. The van der Waals surface area contributed by atoms with Gasteiger partial charge in [-0.3, -0.25) is 0 Å². The fraction of sp³-hybridized carbons (Fsp3) is 0.778. The van der Waals surface area contributed by atoms with Crippen LogP contribution in [-0.2, 0) is 14.3 Å². The first-order valence-electron chi connectivity index (χ1n) is 4.50. The lowest BCUT2D eigenvalue weighted by atomic mass is 9.83. The van der Waals surface area contributed by atoms with E-state index < -0.39 is 17.5 Å². The molecule has 0 aromatic carbocycles. The molecule has 0 amide bonds. The average Bonchev–Trinajstić information content (AvgIpc) is 2.66. The van der Waals surface area contributed by atoms with Gasteiger partial charge < -0.3 is 14.6 Å². The number of carbonyl (C=O) groups is 1. The fourth-order valence-electron chi connectivity index (χ4n) is 1.39. The number of carbonyl (C=O) groups excluding carboxylic acids is 1. The van der Waals surface area contributed by atoms with Gasteiger partial charge in [-0.2, -0.15) is 5.26 Å². The molecule has 1 heterocycles. The van der Waals surface area contributed by atoms with Crippen LogP contribution in [0.25, 0.3) is 0 Å². The third-order valence-electron chi connectivity index (χ3n) is 2.31. The van der Waals surface area contributed by atoms with Crippen LogP contribution in [0.15, 0.2) is 0 Å². The van der Waals surface area contributed by atoms with Crippen molar-refractivity contribution in [3.05, 3.63) is 0 Å². The molecule has 2 atom stereocenters. The second-order valence-corrected chi connectivity index (χ2v) is 3.23. The van der Waals surface area contributed by atoms with Gasteiger partial charge in [0.05, 0.1) is 19.3 Å². The van der Waals surface area contributed by atoms with Gasteiger partial charge in [0.2, 0.25) is 0 Å². The summed E-state index contributed by atoms with van der Waals surface area (Å²) < 4.78 is 9.66. The summed E-state index contributed by atoms with van der Waals surface area (Å²) >= 11 is 0. The highest BCUT2D eigenvalue weighted by Gasteiger charge is 2.46. The van der Waals surface area contributed by atoms with E-state index in [1.165, 1.54) is 0 Å². The summed E-state index contributed by atoms with van der Waals surface area (Å²) in [5.41, 5.74) is -1.12. The molecule has 1 aliphatic rings. The molecule has 1 saturated heterocycles. The lowest BCUT2D eigenvalue weighted by molar-refractivity contribution is -0.158. The topological polar surface area (TPSA) is 79.5 Å². The van der Waals surface area contributed by atoms with Crippen molar-refractivity contribution in [1.82, 2.24) is 0 Å². The zero-order chi connectivity index (χ0) is 10.6. The smallest absolute Gasteiger partial charge is 0.336 e. The summed E-state index contributed by atoms with van der Waals surface area (Å²) in [4.78, 5) is 11.2. The number of aliphatic hydroxyl groups is 1. The molecule has 0 radical (unpaired) electrons. The Morgan fingerprint density at radius 2 is 2.57 bits per heavy atom. The van der Waals surface area contributed by atoms with E-state index in [1.54, 1.807) is 6.92 Å². The summed E-state index contributed by atoms with van der Waals surface area (Å²) in [6.45, 7) is 2.32. The van der Waals surface area contributed by atoms with Crippen molar-refractivity contribution in [2.45, 2.75) is 19.4 Å². The summed E-state index contributed by atoms with van der Waals surface area (Å²) in [5, 5.41) is 18.5. The van der Waals surface area contributed by atoms with Crippen molar-refractivity contribution >= 4 is 5.97 Å². The predicted molar refractivity (Wildman–Crippen MR) is 46.1 cm³/mol. The highest BCUT2D eigenvalue weighted by molar-refractivity contribution is 5.76. The van der Waals surface area contributed by atoms with Gasteiger partial charge in [-0.05, 0) is 13.3 Å². The highest BCUT2D eigenvalue weighted by Crippen LogP contribution is 2.32. The minimum Gasteiger partial charge on any atom is -0.464 e. The van der Waals surface area contributed by atoms with Crippen molar-refractivity contribution in [2.75, 3.05) is 19.8 Å². The van der Waals surface area contributed by atoms with Crippen molar-refractivity contribution in [3.8, 4) is 6.07 Å². The van der Waals surface area contributed by atoms with Crippen LogP contribution in [0.3, 0.4) is 0 Å². The Kier molecular flexibility index (Phi) is 3.44. The molecule has 0 spiro atoms. The highest BCUT2D eigenvalue weighted by atomic mass is 16.5. The Morgan fingerprint density at radius 1 is 1.86 bits per heavy atom. The Labute approximate surface area is 82.2 Å². The quantitative estimate of drug-likeness (QED) is 0.639. The summed E-state index contributed by atoms with van der Waals surface area (Å²) in [6, 6.07) is 1.94. The minimum atomic E-state index is -1.41. The molecular weight excluding hydrogens is 186 g/mol. The number of ether oxygens (including phenoxy) is 2. The molecule has 1 aliphatic heterocycles. The van der Waals surface area contributed by atoms with Crippen LogP contribution in [0.5, 0.6) is 0 Å². The number of hydrogen-bond donors (Lipinski definition) is 1. The van der Waals surface area contributed by atoms with Crippen LogP contribution in [0.1, 0.15) is 13.3 Å². The molecule has 2 unspecified atom stereocenters. The Bertz CT molecular complexity index is 252. The Balaban J connectivity index is 2.70. The third kappa shape index (κ3) is 1.86. The molecule has 14 heavy (non-hydrogen) atoms.